The van der Waals surface area contributed by atoms with Crippen molar-refractivity contribution < 1.29 is 14.3 Å². The van der Waals surface area contributed by atoms with E-state index in [1.165, 1.54) is 0 Å². The van der Waals surface area contributed by atoms with Crippen LogP contribution in [0, 0.1) is 0 Å². The molecule has 3 rings (SSSR count). The lowest BCUT2D eigenvalue weighted by atomic mass is 10.1. The van der Waals surface area contributed by atoms with E-state index in [4.69, 9.17) is 16.3 Å². The molecule has 0 bridgehead atoms. The zero-order valence-electron chi connectivity index (χ0n) is 14.1. The number of nitrogens with one attached hydrogen (secondary N) is 1. The standard InChI is InChI=1S/C17H22ClN3O3/c1-17(2,3)24-16(23)20-6-7-21-12(10-20)9-15(22)19-13-8-11(18)4-5-14(13)21/h4-5,8,12H,6-7,9-10H2,1-3H3,(H,19,22). The second kappa shape index (κ2) is 6.16. The Bertz CT molecular complexity index is 672. The topological polar surface area (TPSA) is 61.9 Å². The van der Waals surface area contributed by atoms with E-state index in [1.807, 2.05) is 32.9 Å². The van der Waals surface area contributed by atoms with Crippen LogP contribution in [0.1, 0.15) is 27.2 Å². The molecule has 1 saturated heterocycles. The van der Waals surface area contributed by atoms with Crippen molar-refractivity contribution in [3.63, 3.8) is 0 Å². The molecule has 1 N–H and O–H groups in total. The van der Waals surface area contributed by atoms with Crippen LogP contribution in [0.25, 0.3) is 0 Å². The summed E-state index contributed by atoms with van der Waals surface area (Å²) in [7, 11) is 0. The minimum absolute atomic E-state index is 0.0722. The van der Waals surface area contributed by atoms with E-state index in [2.05, 4.69) is 10.2 Å². The van der Waals surface area contributed by atoms with E-state index in [1.54, 1.807) is 11.0 Å². The minimum atomic E-state index is -0.529. The maximum absolute atomic E-state index is 12.3. The molecule has 7 heteroatoms. The summed E-state index contributed by atoms with van der Waals surface area (Å²) in [6.45, 7) is 7.21. The van der Waals surface area contributed by atoms with Crippen LogP contribution in [0.5, 0.6) is 0 Å². The van der Waals surface area contributed by atoms with Gasteiger partial charge < -0.3 is 19.9 Å². The normalized spacial score (nSPS) is 20.7. The monoisotopic (exact) mass is 351 g/mol. The molecule has 1 aromatic rings. The van der Waals surface area contributed by atoms with Crippen molar-refractivity contribution in [2.75, 3.05) is 29.9 Å². The number of carbonyl (C=O) groups is 2. The quantitative estimate of drug-likeness (QED) is 0.780. The van der Waals surface area contributed by atoms with Crippen molar-refractivity contribution in [1.29, 1.82) is 0 Å². The van der Waals surface area contributed by atoms with Crippen molar-refractivity contribution >= 4 is 35.0 Å². The summed E-state index contributed by atoms with van der Waals surface area (Å²) in [5.41, 5.74) is 1.14. The Kier molecular flexibility index (Phi) is 4.34. The Morgan fingerprint density at radius 3 is 2.79 bits per heavy atom. The average Bonchev–Trinajstić information content (AvgIpc) is 2.59. The number of halogens is 1. The largest absolute Gasteiger partial charge is 0.444 e. The van der Waals surface area contributed by atoms with Gasteiger partial charge in [-0.05, 0) is 39.0 Å². The third kappa shape index (κ3) is 3.59. The molecule has 0 aliphatic carbocycles. The Morgan fingerprint density at radius 1 is 1.33 bits per heavy atom. The molecule has 1 fully saturated rings. The van der Waals surface area contributed by atoms with E-state index in [-0.39, 0.29) is 18.0 Å². The number of anilines is 2. The molecule has 0 spiro atoms. The fourth-order valence-corrected chi connectivity index (χ4v) is 3.29. The third-order valence-corrected chi connectivity index (χ3v) is 4.33. The summed E-state index contributed by atoms with van der Waals surface area (Å²) in [4.78, 5) is 28.4. The van der Waals surface area contributed by atoms with Crippen LogP contribution in [-0.4, -0.2) is 48.2 Å². The molecule has 6 nitrogen and oxygen atoms in total. The number of fused-ring (bicyclic) bond motifs is 3. The molecule has 2 aliphatic rings. The first-order chi connectivity index (χ1) is 11.2. The van der Waals surface area contributed by atoms with Gasteiger partial charge in [-0.25, -0.2) is 4.79 Å². The summed E-state index contributed by atoms with van der Waals surface area (Å²) >= 11 is 6.04. The zero-order valence-corrected chi connectivity index (χ0v) is 14.9. The van der Waals surface area contributed by atoms with Crippen molar-refractivity contribution in [2.24, 2.45) is 0 Å². The number of nitrogens with zero attached hydrogens (tertiary/aromatic N) is 2. The SMILES string of the molecule is CC(C)(C)OC(=O)N1CCN2c3ccc(Cl)cc3NC(=O)CC2C1. The lowest BCUT2D eigenvalue weighted by molar-refractivity contribution is -0.116. The second-order valence-electron chi connectivity index (χ2n) is 7.19. The number of benzene rings is 1. The number of hydrogen-bond donors (Lipinski definition) is 1. The number of carbonyl (C=O) groups excluding carboxylic acids is 2. The number of piperazine rings is 1. The van der Waals surface area contributed by atoms with E-state index >= 15 is 0 Å². The molecule has 1 unspecified atom stereocenters. The zero-order chi connectivity index (χ0) is 17.5. The molecular formula is C17H22ClN3O3. The fourth-order valence-electron chi connectivity index (χ4n) is 3.11. The molecule has 2 heterocycles. The van der Waals surface area contributed by atoms with Crippen molar-refractivity contribution in [1.82, 2.24) is 4.90 Å². The first-order valence-electron chi connectivity index (χ1n) is 8.07. The molecular weight excluding hydrogens is 330 g/mol. The Morgan fingerprint density at radius 2 is 2.08 bits per heavy atom. The lowest BCUT2D eigenvalue weighted by Crippen LogP contribution is -2.55. The molecule has 0 saturated carbocycles. The molecule has 2 aliphatic heterocycles. The van der Waals surface area contributed by atoms with E-state index in [0.717, 1.165) is 11.4 Å². The van der Waals surface area contributed by atoms with Gasteiger partial charge >= 0.3 is 6.09 Å². The summed E-state index contributed by atoms with van der Waals surface area (Å²) in [5, 5.41) is 3.49. The van der Waals surface area contributed by atoms with Crippen LogP contribution in [0.3, 0.4) is 0 Å². The van der Waals surface area contributed by atoms with Crippen LogP contribution in [0.4, 0.5) is 16.2 Å². The highest BCUT2D eigenvalue weighted by atomic mass is 35.5. The van der Waals surface area contributed by atoms with Gasteiger partial charge in [0.2, 0.25) is 5.91 Å². The summed E-state index contributed by atoms with van der Waals surface area (Å²) in [6, 6.07) is 5.42. The van der Waals surface area contributed by atoms with Gasteiger partial charge in [0.15, 0.2) is 0 Å². The molecule has 0 aromatic heterocycles. The van der Waals surface area contributed by atoms with E-state index < -0.39 is 5.60 Å². The minimum Gasteiger partial charge on any atom is -0.444 e. The van der Waals surface area contributed by atoms with Gasteiger partial charge in [-0.1, -0.05) is 11.6 Å². The van der Waals surface area contributed by atoms with Crippen molar-refractivity contribution in [2.45, 2.75) is 38.8 Å². The van der Waals surface area contributed by atoms with Crippen LogP contribution in [0.15, 0.2) is 18.2 Å². The van der Waals surface area contributed by atoms with Gasteiger partial charge in [0.25, 0.3) is 0 Å². The van der Waals surface area contributed by atoms with Gasteiger partial charge in [0.1, 0.15) is 5.60 Å². The summed E-state index contributed by atoms with van der Waals surface area (Å²) in [5.74, 6) is -0.0722. The van der Waals surface area contributed by atoms with Gasteiger partial charge in [-0.2, -0.15) is 0 Å². The number of amides is 2. The third-order valence-electron chi connectivity index (χ3n) is 4.10. The molecule has 0 radical (unpaired) electrons. The molecule has 130 valence electrons. The van der Waals surface area contributed by atoms with Crippen LogP contribution in [0.2, 0.25) is 5.02 Å². The summed E-state index contributed by atoms with van der Waals surface area (Å²) in [6.07, 6.45) is -0.00543. The first-order valence-corrected chi connectivity index (χ1v) is 8.45. The van der Waals surface area contributed by atoms with E-state index in [0.29, 0.717) is 31.1 Å². The van der Waals surface area contributed by atoms with Crippen LogP contribution in [-0.2, 0) is 9.53 Å². The van der Waals surface area contributed by atoms with Gasteiger partial charge in [-0.15, -0.1) is 0 Å². The maximum Gasteiger partial charge on any atom is 0.410 e. The number of ether oxygens (including phenoxy) is 1. The highest BCUT2D eigenvalue weighted by Crippen LogP contribution is 2.35. The highest BCUT2D eigenvalue weighted by molar-refractivity contribution is 6.31. The molecule has 24 heavy (non-hydrogen) atoms. The lowest BCUT2D eigenvalue weighted by Gasteiger charge is -2.42. The van der Waals surface area contributed by atoms with Crippen molar-refractivity contribution in [3.05, 3.63) is 23.2 Å². The maximum atomic E-state index is 12.3. The average molecular weight is 352 g/mol. The number of rotatable bonds is 0. The number of hydrogen-bond acceptors (Lipinski definition) is 4. The summed E-state index contributed by atoms with van der Waals surface area (Å²) < 4.78 is 5.45. The highest BCUT2D eigenvalue weighted by Gasteiger charge is 2.36. The Labute approximate surface area is 146 Å². The van der Waals surface area contributed by atoms with Gasteiger partial charge in [0, 0.05) is 31.1 Å². The smallest absolute Gasteiger partial charge is 0.410 e. The van der Waals surface area contributed by atoms with Crippen LogP contribution < -0.4 is 10.2 Å². The Hall–Kier alpha value is -1.95. The molecule has 1 atom stereocenters. The van der Waals surface area contributed by atoms with E-state index in [9.17, 15) is 9.59 Å². The first kappa shape index (κ1) is 16.9. The van der Waals surface area contributed by atoms with Crippen LogP contribution >= 0.6 is 11.6 Å². The Balaban J connectivity index is 1.81. The molecule has 2 amide bonds. The second-order valence-corrected chi connectivity index (χ2v) is 7.62. The molecule has 1 aromatic carbocycles. The predicted octanol–water partition coefficient (Wildman–Crippen LogP) is 3.11. The predicted molar refractivity (Wildman–Crippen MR) is 93.6 cm³/mol. The van der Waals surface area contributed by atoms with Crippen molar-refractivity contribution in [3.8, 4) is 0 Å². The van der Waals surface area contributed by atoms with Gasteiger partial charge in [-0.3, -0.25) is 4.79 Å². The fraction of sp³-hybridized carbons (Fsp3) is 0.529. The van der Waals surface area contributed by atoms with Gasteiger partial charge in [0.05, 0.1) is 17.4 Å².